The number of aryl methyl sites for hydroxylation is 4. The van der Waals surface area contributed by atoms with Crippen molar-refractivity contribution in [1.29, 1.82) is 0 Å². The van der Waals surface area contributed by atoms with Crippen LogP contribution in [0.25, 0.3) is 16.5 Å². The minimum absolute atomic E-state index is 0.918. The topological polar surface area (TPSA) is 26.3 Å². The van der Waals surface area contributed by atoms with Gasteiger partial charge in [-0.25, -0.2) is 0 Å². The van der Waals surface area contributed by atoms with E-state index < -0.39 is 8.01 Å². The fraction of sp³-hybridized carbons (Fsp3) is 0.545. The molecule has 0 amide bonds. The monoisotopic (exact) mass is 358 g/mol. The molecule has 0 saturated carbocycles. The van der Waals surface area contributed by atoms with Crippen LogP contribution in [-0.4, -0.2) is 0 Å². The summed E-state index contributed by atoms with van der Waals surface area (Å²) in [6.45, 7) is 11.1. The number of rotatable bonds is 4. The van der Waals surface area contributed by atoms with Crippen LogP contribution in [0.1, 0.15) is 75.3 Å². The maximum Gasteiger partial charge on any atom is 0.212 e. The van der Waals surface area contributed by atoms with E-state index in [2.05, 4.69) is 46.5 Å². The summed E-state index contributed by atoms with van der Waals surface area (Å²) in [6.07, 6.45) is 8.11. The number of allylic oxidation sites excluding steroid dienone is 2. The van der Waals surface area contributed by atoms with Gasteiger partial charge in [0.25, 0.3) is 0 Å². The maximum absolute atomic E-state index is 6.32. The summed E-state index contributed by atoms with van der Waals surface area (Å²) in [7, 11) is -0.924. The average molecular weight is 358 g/mol. The highest BCUT2D eigenvalue weighted by molar-refractivity contribution is 7.34. The lowest BCUT2D eigenvalue weighted by atomic mass is 9.84. The van der Waals surface area contributed by atoms with E-state index in [-0.39, 0.29) is 0 Å². The molecule has 2 nitrogen and oxygen atoms in total. The fourth-order valence-corrected chi connectivity index (χ4v) is 5.10. The lowest BCUT2D eigenvalue weighted by Crippen LogP contribution is -2.02. The van der Waals surface area contributed by atoms with Gasteiger partial charge in [0.2, 0.25) is 8.01 Å². The third kappa shape index (κ3) is 3.60. The molecule has 136 valence electrons. The predicted molar refractivity (Wildman–Crippen MR) is 109 cm³/mol. The molecule has 25 heavy (non-hydrogen) atoms. The molecule has 0 bridgehead atoms. The molecule has 1 aromatic carbocycles. The van der Waals surface area contributed by atoms with Crippen molar-refractivity contribution in [1.82, 2.24) is 0 Å². The van der Waals surface area contributed by atoms with E-state index in [1.54, 1.807) is 0 Å². The zero-order valence-corrected chi connectivity index (χ0v) is 17.3. The van der Waals surface area contributed by atoms with Crippen LogP contribution in [0.15, 0.2) is 26.1 Å². The largest absolute Gasteiger partial charge is 0.424 e. The van der Waals surface area contributed by atoms with Gasteiger partial charge in [0.15, 0.2) is 0 Å². The molecule has 0 spiro atoms. The Morgan fingerprint density at radius 1 is 1.04 bits per heavy atom. The van der Waals surface area contributed by atoms with Crippen molar-refractivity contribution in [3.05, 3.63) is 40.2 Å². The first-order valence-corrected chi connectivity index (χ1v) is 11.3. The molecule has 1 aliphatic carbocycles. The summed E-state index contributed by atoms with van der Waals surface area (Å²) < 4.78 is 12.6. The molecule has 0 fully saturated rings. The van der Waals surface area contributed by atoms with Gasteiger partial charge in [0.1, 0.15) is 11.3 Å². The zero-order chi connectivity index (χ0) is 18.0. The van der Waals surface area contributed by atoms with E-state index in [1.165, 1.54) is 52.5 Å². The minimum Gasteiger partial charge on any atom is -0.424 e. The van der Waals surface area contributed by atoms with Gasteiger partial charge in [0, 0.05) is 24.0 Å². The van der Waals surface area contributed by atoms with Crippen LogP contribution in [0.5, 0.6) is 0 Å². The Balaban J connectivity index is 2.51. The highest BCUT2D eigenvalue weighted by Crippen LogP contribution is 2.42. The van der Waals surface area contributed by atoms with Crippen LogP contribution in [0.2, 0.25) is 0 Å². The van der Waals surface area contributed by atoms with Crippen molar-refractivity contribution in [3.8, 4) is 0 Å². The molecule has 3 rings (SSSR count). The third-order valence-electron chi connectivity index (χ3n) is 5.37. The molecule has 1 aliphatic rings. The number of hydrogen-bond acceptors (Lipinski definition) is 2. The second-order valence-corrected chi connectivity index (χ2v) is 8.47. The number of fused-ring (bicyclic) bond motifs is 1. The van der Waals surface area contributed by atoms with E-state index in [1.807, 2.05) is 0 Å². The summed E-state index contributed by atoms with van der Waals surface area (Å²) >= 11 is 0. The van der Waals surface area contributed by atoms with Crippen molar-refractivity contribution in [2.75, 3.05) is 0 Å². The molecular formula is C22H31O2P. The van der Waals surface area contributed by atoms with E-state index in [0.717, 1.165) is 37.0 Å². The van der Waals surface area contributed by atoms with Crippen LogP contribution in [0.4, 0.5) is 0 Å². The Morgan fingerprint density at radius 3 is 2.48 bits per heavy atom. The van der Waals surface area contributed by atoms with Gasteiger partial charge in [-0.2, -0.15) is 0 Å². The first-order valence-electron chi connectivity index (χ1n) is 9.71. The lowest BCUT2D eigenvalue weighted by Gasteiger charge is -2.21. The number of hydrogen-bond donors (Lipinski definition) is 0. The van der Waals surface area contributed by atoms with Gasteiger partial charge < -0.3 is 8.39 Å². The van der Waals surface area contributed by atoms with Crippen LogP contribution < -0.4 is 0 Å². The van der Waals surface area contributed by atoms with E-state index in [0.29, 0.717) is 0 Å². The zero-order valence-electron chi connectivity index (χ0n) is 16.4. The van der Waals surface area contributed by atoms with Gasteiger partial charge in [-0.1, -0.05) is 31.9 Å². The Bertz CT molecular complexity index is 843. The lowest BCUT2D eigenvalue weighted by molar-refractivity contribution is 0.565. The standard InChI is InChI=1S/C22H31O2P/c1-6-10-17-16(4)13-14-20-22(17)21(18-12-9-8-11-15(18)3)19(7-2)23-25(5)24-20/h13-14H,6-12H2,1-5H3. The quantitative estimate of drug-likeness (QED) is 0.556. The fourth-order valence-electron chi connectivity index (χ4n) is 4.11. The highest BCUT2D eigenvalue weighted by Gasteiger charge is 2.21. The van der Waals surface area contributed by atoms with Crippen LogP contribution in [0, 0.1) is 6.92 Å². The first kappa shape index (κ1) is 18.4. The summed E-state index contributed by atoms with van der Waals surface area (Å²) in [5.41, 5.74) is 8.24. The van der Waals surface area contributed by atoms with Crippen molar-refractivity contribution in [3.63, 3.8) is 0 Å². The second-order valence-electron chi connectivity index (χ2n) is 7.22. The third-order valence-corrected chi connectivity index (χ3v) is 6.30. The molecule has 0 N–H and O–H groups in total. The SMILES string of the molecule is CCCc1c(C)ccc2op(C)oc(CC)c(C3=C(C)CCCC3)c12. The number of benzene rings is 1. The molecule has 1 heterocycles. The summed E-state index contributed by atoms with van der Waals surface area (Å²) in [5, 5.41) is 1.32. The average Bonchev–Trinajstić information content (AvgIpc) is 2.74. The molecule has 0 saturated heterocycles. The predicted octanol–water partition coefficient (Wildman–Crippen LogP) is 7.84. The Morgan fingerprint density at radius 2 is 1.80 bits per heavy atom. The second kappa shape index (κ2) is 7.87. The molecule has 0 radical (unpaired) electrons. The van der Waals surface area contributed by atoms with Gasteiger partial charge >= 0.3 is 0 Å². The van der Waals surface area contributed by atoms with E-state index in [4.69, 9.17) is 8.39 Å². The van der Waals surface area contributed by atoms with Crippen LogP contribution in [0.3, 0.4) is 0 Å². The van der Waals surface area contributed by atoms with Crippen LogP contribution in [-0.2, 0) is 19.5 Å². The molecule has 2 aromatic rings. The summed E-state index contributed by atoms with van der Waals surface area (Å²) in [4.78, 5) is 0. The Labute approximate surface area is 152 Å². The van der Waals surface area contributed by atoms with Crippen molar-refractivity contribution in [2.24, 2.45) is 6.66 Å². The molecule has 1 atom stereocenters. The molecule has 3 heteroatoms. The Kier molecular flexibility index (Phi) is 5.79. The van der Waals surface area contributed by atoms with Crippen molar-refractivity contribution < 1.29 is 8.39 Å². The minimum atomic E-state index is -0.924. The molecule has 1 unspecified atom stereocenters. The van der Waals surface area contributed by atoms with Gasteiger partial charge in [-0.15, -0.1) is 0 Å². The summed E-state index contributed by atoms with van der Waals surface area (Å²) in [5.74, 6) is 1.13. The van der Waals surface area contributed by atoms with Crippen LogP contribution >= 0.6 is 8.01 Å². The van der Waals surface area contributed by atoms with Gasteiger partial charge in [-0.05, 0) is 68.7 Å². The molecule has 0 aliphatic heterocycles. The highest BCUT2D eigenvalue weighted by atomic mass is 31.1. The smallest absolute Gasteiger partial charge is 0.212 e. The van der Waals surface area contributed by atoms with E-state index in [9.17, 15) is 0 Å². The first-order chi connectivity index (χ1) is 12.1. The molecular weight excluding hydrogens is 327 g/mol. The molecule has 1 aromatic heterocycles. The summed E-state index contributed by atoms with van der Waals surface area (Å²) in [6, 6.07) is 4.37. The van der Waals surface area contributed by atoms with Gasteiger partial charge in [0.05, 0.1) is 0 Å². The van der Waals surface area contributed by atoms with Gasteiger partial charge in [-0.3, -0.25) is 0 Å². The van der Waals surface area contributed by atoms with E-state index >= 15 is 0 Å². The van der Waals surface area contributed by atoms with Crippen molar-refractivity contribution in [2.45, 2.75) is 72.6 Å². The maximum atomic E-state index is 6.32. The van der Waals surface area contributed by atoms with Crippen molar-refractivity contribution >= 4 is 24.6 Å². The normalized spacial score (nSPS) is 15.8. The Hall–Kier alpha value is -1.40.